The van der Waals surface area contributed by atoms with E-state index in [0.29, 0.717) is 18.8 Å². The van der Waals surface area contributed by atoms with Crippen molar-refractivity contribution in [2.75, 3.05) is 25.0 Å². The number of amides is 4. The Morgan fingerprint density at radius 2 is 2.00 bits per heavy atom. The van der Waals surface area contributed by atoms with Crippen molar-refractivity contribution in [2.45, 2.75) is 18.9 Å². The van der Waals surface area contributed by atoms with Gasteiger partial charge in [-0.15, -0.1) is 0 Å². The first-order chi connectivity index (χ1) is 11.5. The predicted molar refractivity (Wildman–Crippen MR) is 85.4 cm³/mol. The predicted octanol–water partition coefficient (Wildman–Crippen LogP) is -0.517. The zero-order valence-electron chi connectivity index (χ0n) is 13.2. The number of fused-ring (bicyclic) bond motifs is 1. The van der Waals surface area contributed by atoms with Gasteiger partial charge in [0.25, 0.3) is 11.8 Å². The molecule has 1 aromatic rings. The monoisotopic (exact) mass is 330 g/mol. The molecule has 0 saturated carbocycles. The number of nitrogens with zero attached hydrogens (tertiary/aromatic N) is 2. The Morgan fingerprint density at radius 3 is 2.62 bits per heavy atom. The topological polar surface area (TPSA) is 113 Å². The highest BCUT2D eigenvalue weighted by Crippen LogP contribution is 2.33. The maximum Gasteiger partial charge on any atom is 0.264 e. The van der Waals surface area contributed by atoms with Crippen LogP contribution in [0.2, 0.25) is 0 Å². The van der Waals surface area contributed by atoms with Crippen molar-refractivity contribution in [2.24, 2.45) is 5.73 Å². The van der Waals surface area contributed by atoms with Gasteiger partial charge in [-0.1, -0.05) is 6.07 Å². The average molecular weight is 330 g/mol. The minimum atomic E-state index is -1.08. The van der Waals surface area contributed by atoms with Crippen LogP contribution in [0.3, 0.4) is 0 Å². The van der Waals surface area contributed by atoms with Crippen molar-refractivity contribution in [3.63, 3.8) is 0 Å². The van der Waals surface area contributed by atoms with Crippen molar-refractivity contribution in [3.05, 3.63) is 29.3 Å². The molecule has 8 heteroatoms. The molecule has 0 bridgehead atoms. The lowest BCUT2D eigenvalue weighted by Crippen LogP contribution is -2.44. The zero-order valence-corrected chi connectivity index (χ0v) is 13.2. The average Bonchev–Trinajstić information content (AvgIpc) is 3.01. The van der Waals surface area contributed by atoms with Crippen molar-refractivity contribution >= 4 is 29.3 Å². The van der Waals surface area contributed by atoms with Gasteiger partial charge in [0.15, 0.2) is 0 Å². The van der Waals surface area contributed by atoms with Crippen LogP contribution >= 0.6 is 0 Å². The second-order valence-corrected chi connectivity index (χ2v) is 5.88. The molecule has 2 heterocycles. The van der Waals surface area contributed by atoms with Crippen LogP contribution in [0.4, 0.5) is 5.69 Å². The largest absolute Gasteiger partial charge is 0.374 e. The molecule has 1 unspecified atom stereocenters. The van der Waals surface area contributed by atoms with Gasteiger partial charge < -0.3 is 10.6 Å². The second-order valence-electron chi connectivity index (χ2n) is 5.88. The van der Waals surface area contributed by atoms with Crippen LogP contribution in [0.1, 0.15) is 33.6 Å². The van der Waals surface area contributed by atoms with E-state index in [4.69, 9.17) is 5.73 Å². The standard InChI is InChI=1S/C16H18N4O4/c1-19(7-3-6-17)10-5-2-4-9-13(10)16(24)20(15(9)23)11-8-12(21)18-14(11)22/h2,4-5,11H,3,6-8,17H2,1H3,(H,18,21,22). The number of nitrogens with two attached hydrogens (primary N) is 1. The number of imide groups is 2. The molecule has 3 N–H and O–H groups in total. The third kappa shape index (κ3) is 2.44. The van der Waals surface area contributed by atoms with Crippen molar-refractivity contribution in [1.29, 1.82) is 0 Å². The first kappa shape index (κ1) is 16.1. The summed E-state index contributed by atoms with van der Waals surface area (Å²) in [4.78, 5) is 51.4. The van der Waals surface area contributed by atoms with E-state index in [0.717, 1.165) is 11.3 Å². The summed E-state index contributed by atoms with van der Waals surface area (Å²) < 4.78 is 0. The lowest BCUT2D eigenvalue weighted by molar-refractivity contribution is -0.125. The molecule has 1 fully saturated rings. The zero-order chi connectivity index (χ0) is 17.4. The third-order valence-electron chi connectivity index (χ3n) is 4.29. The first-order valence-corrected chi connectivity index (χ1v) is 7.71. The Labute approximate surface area is 138 Å². The molecule has 2 aliphatic heterocycles. The summed E-state index contributed by atoms with van der Waals surface area (Å²) in [5, 5.41) is 2.13. The fourth-order valence-corrected chi connectivity index (χ4v) is 3.08. The lowest BCUT2D eigenvalue weighted by Gasteiger charge is -2.22. The Morgan fingerprint density at radius 1 is 1.25 bits per heavy atom. The van der Waals surface area contributed by atoms with E-state index < -0.39 is 29.7 Å². The number of nitrogens with one attached hydrogen (secondary N) is 1. The van der Waals surface area contributed by atoms with Gasteiger partial charge in [-0.05, 0) is 25.1 Å². The molecule has 2 aliphatic rings. The van der Waals surface area contributed by atoms with E-state index in [-0.39, 0.29) is 17.5 Å². The molecule has 0 aromatic heterocycles. The molecule has 1 atom stereocenters. The third-order valence-corrected chi connectivity index (χ3v) is 4.29. The summed E-state index contributed by atoms with van der Waals surface area (Å²) in [5.74, 6) is -2.19. The Kier molecular flexibility index (Phi) is 4.06. The number of hydrogen-bond acceptors (Lipinski definition) is 6. The van der Waals surface area contributed by atoms with E-state index in [1.165, 1.54) is 0 Å². The summed E-state index contributed by atoms with van der Waals surface area (Å²) in [7, 11) is 1.82. The number of benzene rings is 1. The number of carbonyl (C=O) groups excluding carboxylic acids is 4. The fraction of sp³-hybridized carbons (Fsp3) is 0.375. The Hall–Kier alpha value is -2.74. The molecule has 8 nitrogen and oxygen atoms in total. The van der Waals surface area contributed by atoms with E-state index in [9.17, 15) is 19.2 Å². The first-order valence-electron chi connectivity index (χ1n) is 7.71. The molecular formula is C16H18N4O4. The highest BCUT2D eigenvalue weighted by molar-refractivity contribution is 6.26. The quantitative estimate of drug-likeness (QED) is 0.703. The normalized spacial score (nSPS) is 19.8. The smallest absolute Gasteiger partial charge is 0.264 e. The molecule has 0 radical (unpaired) electrons. The highest BCUT2D eigenvalue weighted by atomic mass is 16.2. The van der Waals surface area contributed by atoms with Gasteiger partial charge in [0.1, 0.15) is 6.04 Å². The van der Waals surface area contributed by atoms with Crippen LogP contribution in [0.5, 0.6) is 0 Å². The number of rotatable bonds is 5. The Bertz CT molecular complexity index is 746. The molecule has 126 valence electrons. The van der Waals surface area contributed by atoms with Crippen LogP contribution in [0, 0.1) is 0 Å². The number of anilines is 1. The van der Waals surface area contributed by atoms with Crippen molar-refractivity contribution in [3.8, 4) is 0 Å². The maximum absolute atomic E-state index is 12.8. The van der Waals surface area contributed by atoms with Crippen LogP contribution < -0.4 is 16.0 Å². The minimum absolute atomic E-state index is 0.192. The molecule has 0 aliphatic carbocycles. The molecular weight excluding hydrogens is 312 g/mol. The minimum Gasteiger partial charge on any atom is -0.374 e. The molecule has 4 amide bonds. The summed E-state index contributed by atoms with van der Waals surface area (Å²) in [5.41, 5.74) is 6.66. The molecule has 3 rings (SSSR count). The molecule has 24 heavy (non-hydrogen) atoms. The SMILES string of the molecule is CN(CCCN)c1cccc2c1C(=O)N(C1CC(=O)NC1=O)C2=O. The van der Waals surface area contributed by atoms with Gasteiger partial charge in [-0.25, -0.2) is 0 Å². The maximum atomic E-state index is 12.8. The van der Waals surface area contributed by atoms with Crippen LogP contribution in [0.15, 0.2) is 18.2 Å². The van der Waals surface area contributed by atoms with Gasteiger partial charge in [-0.2, -0.15) is 0 Å². The van der Waals surface area contributed by atoms with Crippen LogP contribution in [-0.4, -0.2) is 54.7 Å². The van der Waals surface area contributed by atoms with E-state index >= 15 is 0 Å². The molecule has 1 aromatic carbocycles. The van der Waals surface area contributed by atoms with Gasteiger partial charge >= 0.3 is 0 Å². The van der Waals surface area contributed by atoms with E-state index in [2.05, 4.69) is 5.32 Å². The van der Waals surface area contributed by atoms with Crippen LogP contribution in [-0.2, 0) is 9.59 Å². The summed E-state index contributed by atoms with van der Waals surface area (Å²) in [6.45, 7) is 1.15. The van der Waals surface area contributed by atoms with E-state index in [1.807, 2.05) is 11.9 Å². The Balaban J connectivity index is 1.97. The van der Waals surface area contributed by atoms with Crippen molar-refractivity contribution in [1.82, 2.24) is 10.2 Å². The van der Waals surface area contributed by atoms with Crippen LogP contribution in [0.25, 0.3) is 0 Å². The number of carbonyl (C=O) groups is 4. The molecule has 1 saturated heterocycles. The summed E-state index contributed by atoms with van der Waals surface area (Å²) in [6.07, 6.45) is 0.550. The van der Waals surface area contributed by atoms with Gasteiger partial charge in [0.2, 0.25) is 11.8 Å². The second kappa shape index (κ2) is 6.04. The number of hydrogen-bond donors (Lipinski definition) is 2. The van der Waals surface area contributed by atoms with Gasteiger partial charge in [0.05, 0.1) is 23.2 Å². The summed E-state index contributed by atoms with van der Waals surface area (Å²) in [6, 6.07) is 3.93. The molecule has 0 spiro atoms. The summed E-state index contributed by atoms with van der Waals surface area (Å²) >= 11 is 0. The van der Waals surface area contributed by atoms with Crippen molar-refractivity contribution < 1.29 is 19.2 Å². The van der Waals surface area contributed by atoms with E-state index in [1.54, 1.807) is 18.2 Å². The van der Waals surface area contributed by atoms with Gasteiger partial charge in [0, 0.05) is 13.6 Å². The highest BCUT2D eigenvalue weighted by Gasteiger charge is 2.47. The fourth-order valence-electron chi connectivity index (χ4n) is 3.08. The van der Waals surface area contributed by atoms with Gasteiger partial charge in [-0.3, -0.25) is 29.4 Å². The lowest BCUT2D eigenvalue weighted by atomic mass is 10.1.